The second-order valence-electron chi connectivity index (χ2n) is 11.0. The first kappa shape index (κ1) is 22.6. The molecule has 2 saturated carbocycles. The fourth-order valence-electron chi connectivity index (χ4n) is 7.50. The molecule has 5 rings (SSSR count). The molecule has 4 aliphatic rings. The number of carbonyl (C=O) groups is 1. The van der Waals surface area contributed by atoms with E-state index < -0.39 is 5.60 Å². The van der Waals surface area contributed by atoms with Gasteiger partial charge < -0.3 is 15.1 Å². The summed E-state index contributed by atoms with van der Waals surface area (Å²) in [7, 11) is 4.10. The molecule has 1 aromatic rings. The molecule has 4 heteroatoms. The van der Waals surface area contributed by atoms with E-state index in [2.05, 4.69) is 36.1 Å². The molecular formula is C29H37NO3. The Labute approximate surface area is 197 Å². The number of fused-ring (bicyclic) bond motifs is 4. The Bertz CT molecular complexity index is 1030. The van der Waals surface area contributed by atoms with E-state index >= 15 is 0 Å². The average molecular weight is 448 g/mol. The number of aliphatic hydroxyl groups is 2. The molecule has 0 spiro atoms. The van der Waals surface area contributed by atoms with Gasteiger partial charge in [0.1, 0.15) is 0 Å². The number of nitrogens with zero attached hydrogens (tertiary/aromatic N) is 1. The molecule has 0 radical (unpaired) electrons. The number of carbonyl (C=O) groups excluding carboxylic acids is 1. The van der Waals surface area contributed by atoms with Crippen LogP contribution in [0.2, 0.25) is 0 Å². The Hall–Kier alpha value is -2.17. The first-order valence-corrected chi connectivity index (χ1v) is 12.5. The van der Waals surface area contributed by atoms with Crippen molar-refractivity contribution in [3.05, 3.63) is 64.8 Å². The van der Waals surface area contributed by atoms with Crippen molar-refractivity contribution < 1.29 is 15.0 Å². The topological polar surface area (TPSA) is 60.8 Å². The van der Waals surface area contributed by atoms with Gasteiger partial charge in [-0.05, 0) is 85.3 Å². The Morgan fingerprint density at radius 1 is 1.12 bits per heavy atom. The van der Waals surface area contributed by atoms with Crippen LogP contribution in [0.1, 0.15) is 63.4 Å². The molecule has 0 unspecified atom stereocenters. The van der Waals surface area contributed by atoms with E-state index in [1.54, 1.807) is 11.6 Å². The third-order valence-electron chi connectivity index (χ3n) is 9.31. The molecule has 0 amide bonds. The second-order valence-corrected chi connectivity index (χ2v) is 11.0. The van der Waals surface area contributed by atoms with Gasteiger partial charge in [-0.15, -0.1) is 0 Å². The maximum absolute atomic E-state index is 12.7. The van der Waals surface area contributed by atoms with Crippen molar-refractivity contribution in [2.45, 2.75) is 63.4 Å². The minimum Gasteiger partial charge on any atom is -0.392 e. The Kier molecular flexibility index (Phi) is 5.65. The predicted octanol–water partition coefficient (Wildman–Crippen LogP) is 4.93. The Morgan fingerprint density at radius 3 is 2.58 bits per heavy atom. The van der Waals surface area contributed by atoms with Crippen LogP contribution >= 0.6 is 0 Å². The molecule has 176 valence electrons. The van der Waals surface area contributed by atoms with Crippen LogP contribution < -0.4 is 4.90 Å². The van der Waals surface area contributed by atoms with Gasteiger partial charge in [-0.1, -0.05) is 36.8 Å². The molecule has 0 bridgehead atoms. The molecule has 1 aromatic carbocycles. The van der Waals surface area contributed by atoms with E-state index in [0.29, 0.717) is 18.3 Å². The molecule has 2 fully saturated rings. The molecule has 0 heterocycles. The van der Waals surface area contributed by atoms with Crippen LogP contribution in [0.15, 0.2) is 59.2 Å². The first-order valence-electron chi connectivity index (χ1n) is 12.5. The zero-order valence-electron chi connectivity index (χ0n) is 20.2. The third-order valence-corrected chi connectivity index (χ3v) is 9.31. The number of hydrogen-bond donors (Lipinski definition) is 2. The largest absolute Gasteiger partial charge is 0.392 e. The van der Waals surface area contributed by atoms with Gasteiger partial charge in [0.05, 0.1) is 12.2 Å². The van der Waals surface area contributed by atoms with Crippen LogP contribution in [0.3, 0.4) is 0 Å². The third kappa shape index (κ3) is 3.54. The van der Waals surface area contributed by atoms with Crippen LogP contribution in [0.5, 0.6) is 0 Å². The van der Waals surface area contributed by atoms with E-state index in [4.69, 9.17) is 0 Å². The Balaban J connectivity index is 1.55. The monoisotopic (exact) mass is 447 g/mol. The van der Waals surface area contributed by atoms with E-state index in [1.807, 2.05) is 26.2 Å². The SMILES string of the molecule is CN(C)c1ccc([C@@H]2CC(=O)C=C3CC[C@@H]4C(=C32)CC[C@@]2(C)[C@H]4CC[C@@]2(O)C=CCO)cc1. The number of aliphatic hydroxyl groups excluding tert-OH is 1. The summed E-state index contributed by atoms with van der Waals surface area (Å²) in [6.07, 6.45) is 11.8. The molecule has 4 aliphatic carbocycles. The van der Waals surface area contributed by atoms with Crippen LogP contribution in [-0.2, 0) is 4.79 Å². The van der Waals surface area contributed by atoms with Gasteiger partial charge in [0, 0.05) is 37.5 Å². The minimum atomic E-state index is -0.837. The van der Waals surface area contributed by atoms with Crippen molar-refractivity contribution in [2.24, 2.45) is 17.3 Å². The minimum absolute atomic E-state index is 0.0295. The first-order chi connectivity index (χ1) is 15.8. The van der Waals surface area contributed by atoms with Gasteiger partial charge in [-0.2, -0.15) is 0 Å². The second kappa shape index (κ2) is 8.25. The quantitative estimate of drug-likeness (QED) is 0.643. The zero-order chi connectivity index (χ0) is 23.4. The molecule has 2 N–H and O–H groups in total. The summed E-state index contributed by atoms with van der Waals surface area (Å²) in [6.45, 7) is 2.24. The highest BCUT2D eigenvalue weighted by Crippen LogP contribution is 2.64. The maximum atomic E-state index is 12.7. The van der Waals surface area contributed by atoms with Crippen molar-refractivity contribution in [3.63, 3.8) is 0 Å². The number of allylic oxidation sites excluding steroid dienone is 4. The zero-order valence-corrected chi connectivity index (χ0v) is 20.2. The summed E-state index contributed by atoms with van der Waals surface area (Å²) in [6, 6.07) is 8.72. The van der Waals surface area contributed by atoms with Crippen LogP contribution in [0, 0.1) is 17.3 Å². The highest BCUT2D eigenvalue weighted by Gasteiger charge is 2.60. The number of rotatable bonds is 4. The summed E-state index contributed by atoms with van der Waals surface area (Å²) < 4.78 is 0. The molecule has 4 nitrogen and oxygen atoms in total. The standard InChI is InChI=1S/C29H37NO3/c1-28-14-11-24-23(26(28)12-15-29(28,33)13-4-16-31)10-7-20-17-22(32)18-25(27(20)24)19-5-8-21(9-6-19)30(2)3/h4-6,8-9,13,17,23,25-26,31,33H,7,10-12,14-16,18H2,1-3H3/t23-,25+,26+,28+,29+/m1/s1. The number of anilines is 1. The fourth-order valence-corrected chi connectivity index (χ4v) is 7.50. The lowest BCUT2D eigenvalue weighted by atomic mass is 9.54. The molecule has 0 aromatic heterocycles. The smallest absolute Gasteiger partial charge is 0.156 e. The lowest BCUT2D eigenvalue weighted by Gasteiger charge is -2.51. The number of ketones is 1. The lowest BCUT2D eigenvalue weighted by molar-refractivity contribution is -0.115. The van der Waals surface area contributed by atoms with Gasteiger partial charge in [0.15, 0.2) is 5.78 Å². The highest BCUT2D eigenvalue weighted by atomic mass is 16.3. The van der Waals surface area contributed by atoms with Gasteiger partial charge in [0.25, 0.3) is 0 Å². The summed E-state index contributed by atoms with van der Waals surface area (Å²) in [5.74, 6) is 1.31. The van der Waals surface area contributed by atoms with Crippen molar-refractivity contribution in [3.8, 4) is 0 Å². The molecule has 5 atom stereocenters. The summed E-state index contributed by atoms with van der Waals surface area (Å²) in [4.78, 5) is 14.8. The van der Waals surface area contributed by atoms with Crippen LogP contribution in [0.4, 0.5) is 5.69 Å². The van der Waals surface area contributed by atoms with Gasteiger partial charge >= 0.3 is 0 Å². The summed E-state index contributed by atoms with van der Waals surface area (Å²) in [5.41, 5.74) is 5.66. The van der Waals surface area contributed by atoms with E-state index in [9.17, 15) is 15.0 Å². The highest BCUT2D eigenvalue weighted by molar-refractivity contribution is 5.94. The summed E-state index contributed by atoms with van der Waals surface area (Å²) >= 11 is 0. The summed E-state index contributed by atoms with van der Waals surface area (Å²) in [5, 5.41) is 20.9. The molecular weight excluding hydrogens is 410 g/mol. The van der Waals surface area contributed by atoms with Crippen molar-refractivity contribution in [1.82, 2.24) is 0 Å². The number of benzene rings is 1. The molecule has 33 heavy (non-hydrogen) atoms. The lowest BCUT2D eigenvalue weighted by Crippen LogP contribution is -2.48. The number of hydrogen-bond acceptors (Lipinski definition) is 4. The maximum Gasteiger partial charge on any atom is 0.156 e. The predicted molar refractivity (Wildman–Crippen MR) is 132 cm³/mol. The molecule has 0 saturated heterocycles. The fraction of sp³-hybridized carbons (Fsp3) is 0.552. The van der Waals surface area contributed by atoms with Gasteiger partial charge in [-0.25, -0.2) is 0 Å². The van der Waals surface area contributed by atoms with Crippen molar-refractivity contribution in [1.29, 1.82) is 0 Å². The molecule has 0 aliphatic heterocycles. The van der Waals surface area contributed by atoms with Gasteiger partial charge in [0.2, 0.25) is 0 Å². The van der Waals surface area contributed by atoms with Crippen molar-refractivity contribution >= 4 is 11.5 Å². The van der Waals surface area contributed by atoms with Crippen LogP contribution in [0.25, 0.3) is 0 Å². The van der Waals surface area contributed by atoms with Crippen molar-refractivity contribution in [2.75, 3.05) is 25.6 Å². The van der Waals surface area contributed by atoms with Gasteiger partial charge in [-0.3, -0.25) is 4.79 Å². The normalized spacial score (nSPS) is 35.8. The van der Waals surface area contributed by atoms with Crippen LogP contribution in [-0.4, -0.2) is 42.3 Å². The van der Waals surface area contributed by atoms with E-state index in [-0.39, 0.29) is 23.7 Å². The Morgan fingerprint density at radius 2 is 1.88 bits per heavy atom. The van der Waals surface area contributed by atoms with E-state index in [0.717, 1.165) is 38.5 Å². The average Bonchev–Trinajstić information content (AvgIpc) is 3.07. The van der Waals surface area contributed by atoms with E-state index in [1.165, 1.54) is 22.4 Å².